The number of rotatable bonds is 7. The Bertz CT molecular complexity index is 2490. The van der Waals surface area contributed by atoms with E-state index in [1.807, 2.05) is 30.3 Å². The summed E-state index contributed by atoms with van der Waals surface area (Å²) >= 11 is 0. The Morgan fingerprint density at radius 2 is 0.800 bits per heavy atom. The highest BCUT2D eigenvalue weighted by Gasteiger charge is 2.22. The lowest BCUT2D eigenvalue weighted by Gasteiger charge is -2.18. The van der Waals surface area contributed by atoms with E-state index in [0.717, 1.165) is 61.1 Å². The standard InChI is InChI=1S/C46H47N7O2/c1-45(2,3)32-15-11-28(12-16-32)41-47-49-43(54-41)30-23-31(44-50-48-42(55-44)29-13-17-33(18-14-29)46(4,5)6)25-36(24-30)53-39-21-19-34(51(7)8)26-37(39)38-27-35(52(9)10)20-22-40(38)53/h11-27H,1-10H3. The molecule has 0 bridgehead atoms. The molecule has 3 aromatic heterocycles. The Morgan fingerprint density at radius 3 is 1.15 bits per heavy atom. The monoisotopic (exact) mass is 729 g/mol. The first-order valence-electron chi connectivity index (χ1n) is 18.6. The molecule has 0 aliphatic rings. The number of nitrogens with zero attached hydrogens (tertiary/aromatic N) is 7. The van der Waals surface area contributed by atoms with Crippen molar-refractivity contribution in [2.75, 3.05) is 38.0 Å². The van der Waals surface area contributed by atoms with Gasteiger partial charge in [-0.3, -0.25) is 0 Å². The van der Waals surface area contributed by atoms with Crippen LogP contribution in [0.15, 0.2) is 112 Å². The fraction of sp³-hybridized carbons (Fsp3) is 0.261. The fourth-order valence-electron chi connectivity index (χ4n) is 6.96. The van der Waals surface area contributed by atoms with E-state index in [1.54, 1.807) is 0 Å². The van der Waals surface area contributed by atoms with Gasteiger partial charge in [0, 0.05) is 78.3 Å². The van der Waals surface area contributed by atoms with E-state index in [0.29, 0.717) is 23.6 Å². The molecule has 278 valence electrons. The number of anilines is 2. The van der Waals surface area contributed by atoms with Gasteiger partial charge in [0.2, 0.25) is 23.6 Å². The Hall–Kier alpha value is -6.22. The van der Waals surface area contributed by atoms with Crippen molar-refractivity contribution in [1.29, 1.82) is 0 Å². The molecule has 0 aliphatic carbocycles. The van der Waals surface area contributed by atoms with Crippen LogP contribution in [-0.2, 0) is 10.8 Å². The van der Waals surface area contributed by atoms with Gasteiger partial charge < -0.3 is 23.2 Å². The van der Waals surface area contributed by atoms with Crippen molar-refractivity contribution >= 4 is 33.2 Å². The van der Waals surface area contributed by atoms with Crippen molar-refractivity contribution in [1.82, 2.24) is 25.0 Å². The quantitative estimate of drug-likeness (QED) is 0.160. The minimum absolute atomic E-state index is 0.0364. The van der Waals surface area contributed by atoms with Crippen molar-refractivity contribution in [3.05, 3.63) is 114 Å². The molecular weight excluding hydrogens is 683 g/mol. The van der Waals surface area contributed by atoms with Crippen LogP contribution in [0.3, 0.4) is 0 Å². The van der Waals surface area contributed by atoms with Crippen LogP contribution in [-0.4, -0.2) is 53.2 Å². The highest BCUT2D eigenvalue weighted by atomic mass is 16.4. The van der Waals surface area contributed by atoms with Gasteiger partial charge in [0.15, 0.2) is 0 Å². The predicted molar refractivity (Wildman–Crippen MR) is 224 cm³/mol. The zero-order chi connectivity index (χ0) is 38.8. The van der Waals surface area contributed by atoms with E-state index >= 15 is 0 Å². The molecule has 0 unspecified atom stereocenters. The molecule has 5 aromatic carbocycles. The molecule has 0 amide bonds. The van der Waals surface area contributed by atoms with Crippen molar-refractivity contribution in [3.63, 3.8) is 0 Å². The van der Waals surface area contributed by atoms with E-state index in [4.69, 9.17) is 8.83 Å². The van der Waals surface area contributed by atoms with Gasteiger partial charge in [-0.15, -0.1) is 20.4 Å². The molecule has 0 radical (unpaired) electrons. The van der Waals surface area contributed by atoms with Crippen LogP contribution in [0, 0.1) is 0 Å². The molecule has 0 atom stereocenters. The molecule has 9 nitrogen and oxygen atoms in total. The summed E-state index contributed by atoms with van der Waals surface area (Å²) in [6.07, 6.45) is 0. The SMILES string of the molecule is CN(C)c1ccc2c(c1)c1cc(N(C)C)ccc1n2-c1cc(-c2nnc(-c3ccc(C(C)(C)C)cc3)o2)cc(-c2nnc(-c3ccc(C(C)(C)C)cc3)o2)c1. The Labute approximate surface area is 322 Å². The molecule has 8 aromatic rings. The van der Waals surface area contributed by atoms with Gasteiger partial charge in [-0.05, 0) is 101 Å². The lowest BCUT2D eigenvalue weighted by molar-refractivity contribution is 0.580. The number of benzene rings is 5. The first-order valence-corrected chi connectivity index (χ1v) is 18.6. The maximum Gasteiger partial charge on any atom is 0.248 e. The fourth-order valence-corrected chi connectivity index (χ4v) is 6.96. The third-order valence-electron chi connectivity index (χ3n) is 10.3. The summed E-state index contributed by atoms with van der Waals surface area (Å²) in [5.74, 6) is 1.68. The molecule has 8 rings (SSSR count). The summed E-state index contributed by atoms with van der Waals surface area (Å²) in [7, 11) is 8.26. The van der Waals surface area contributed by atoms with Crippen molar-refractivity contribution in [3.8, 4) is 51.5 Å². The summed E-state index contributed by atoms with van der Waals surface area (Å²) in [6.45, 7) is 13.2. The summed E-state index contributed by atoms with van der Waals surface area (Å²) in [6, 6.07) is 36.0. The maximum atomic E-state index is 6.41. The highest BCUT2D eigenvalue weighted by molar-refractivity contribution is 6.11. The summed E-state index contributed by atoms with van der Waals surface area (Å²) in [4.78, 5) is 4.26. The van der Waals surface area contributed by atoms with E-state index in [-0.39, 0.29) is 10.8 Å². The third-order valence-corrected chi connectivity index (χ3v) is 10.3. The van der Waals surface area contributed by atoms with Crippen molar-refractivity contribution in [2.24, 2.45) is 0 Å². The van der Waals surface area contributed by atoms with E-state index in [9.17, 15) is 0 Å². The van der Waals surface area contributed by atoms with Crippen molar-refractivity contribution in [2.45, 2.75) is 52.4 Å². The van der Waals surface area contributed by atoms with Gasteiger partial charge >= 0.3 is 0 Å². The highest BCUT2D eigenvalue weighted by Crippen LogP contribution is 2.39. The first kappa shape index (κ1) is 35.8. The average molecular weight is 730 g/mol. The largest absolute Gasteiger partial charge is 0.416 e. The van der Waals surface area contributed by atoms with Crippen LogP contribution in [0.2, 0.25) is 0 Å². The number of hydrogen-bond donors (Lipinski definition) is 0. The summed E-state index contributed by atoms with van der Waals surface area (Å²) in [5.41, 5.74) is 11.0. The van der Waals surface area contributed by atoms with Gasteiger partial charge in [0.05, 0.1) is 11.0 Å². The molecule has 55 heavy (non-hydrogen) atoms. The lowest BCUT2D eigenvalue weighted by Crippen LogP contribution is -2.10. The van der Waals surface area contributed by atoms with Gasteiger partial charge in [-0.25, -0.2) is 0 Å². The molecule has 0 saturated heterocycles. The van der Waals surface area contributed by atoms with E-state index in [1.165, 1.54) is 11.1 Å². The lowest BCUT2D eigenvalue weighted by atomic mass is 9.87. The smallest absolute Gasteiger partial charge is 0.248 e. The van der Waals surface area contributed by atoms with Gasteiger partial charge in [-0.1, -0.05) is 65.8 Å². The zero-order valence-electron chi connectivity index (χ0n) is 33.3. The third kappa shape index (κ3) is 6.75. The molecule has 0 saturated carbocycles. The van der Waals surface area contributed by atoms with Crippen LogP contribution >= 0.6 is 0 Å². The van der Waals surface area contributed by atoms with Crippen LogP contribution in [0.5, 0.6) is 0 Å². The Kier molecular flexibility index (Phi) is 8.63. The van der Waals surface area contributed by atoms with Crippen LogP contribution in [0.25, 0.3) is 73.3 Å². The molecular formula is C46H47N7O2. The molecule has 0 spiro atoms. The molecule has 0 N–H and O–H groups in total. The normalized spacial score (nSPS) is 12.2. The van der Waals surface area contributed by atoms with E-state index < -0.39 is 0 Å². The molecule has 0 fully saturated rings. The first-order chi connectivity index (χ1) is 26.1. The van der Waals surface area contributed by atoms with Gasteiger partial charge in [-0.2, -0.15) is 0 Å². The summed E-state index contributed by atoms with van der Waals surface area (Å²) in [5, 5.41) is 20.4. The van der Waals surface area contributed by atoms with E-state index in [2.05, 4.69) is 177 Å². The van der Waals surface area contributed by atoms with Crippen LogP contribution in [0.4, 0.5) is 11.4 Å². The average Bonchev–Trinajstić information content (AvgIpc) is 3.92. The maximum absolute atomic E-state index is 6.41. The molecule has 9 heteroatoms. The van der Waals surface area contributed by atoms with Crippen molar-refractivity contribution < 1.29 is 8.83 Å². The Morgan fingerprint density at radius 1 is 0.436 bits per heavy atom. The van der Waals surface area contributed by atoms with Gasteiger partial charge in [0.1, 0.15) is 0 Å². The second-order valence-corrected chi connectivity index (χ2v) is 16.8. The molecule has 3 heterocycles. The Balaban J connectivity index is 1.30. The van der Waals surface area contributed by atoms with Gasteiger partial charge in [0.25, 0.3) is 0 Å². The minimum Gasteiger partial charge on any atom is -0.416 e. The summed E-state index contributed by atoms with van der Waals surface area (Å²) < 4.78 is 15.1. The molecule has 0 aliphatic heterocycles. The topological polar surface area (TPSA) is 89.2 Å². The second kappa shape index (κ2) is 13.3. The second-order valence-electron chi connectivity index (χ2n) is 16.8. The predicted octanol–water partition coefficient (Wildman–Crippen LogP) is 10.9. The number of aromatic nitrogens is 5. The zero-order valence-corrected chi connectivity index (χ0v) is 33.3. The minimum atomic E-state index is 0.0364. The number of hydrogen-bond acceptors (Lipinski definition) is 8. The number of fused-ring (bicyclic) bond motifs is 3. The van der Waals surface area contributed by atoms with Crippen LogP contribution < -0.4 is 9.80 Å². The van der Waals surface area contributed by atoms with Crippen LogP contribution in [0.1, 0.15) is 52.7 Å².